The molecular formula is C110H139Br4Cl8N5O18. The predicted molar refractivity (Wildman–Crippen MR) is 597 cm³/mol. The molecule has 0 amide bonds. The number of nitrogens with zero attached hydrogens (tertiary/aromatic N) is 4. The van der Waals surface area contributed by atoms with Crippen LogP contribution in [0.2, 0.25) is 15.1 Å². The number of ketones is 4. The number of benzene rings is 8. The van der Waals surface area contributed by atoms with Crippen molar-refractivity contribution in [3.8, 4) is 0 Å². The molecule has 35 heteroatoms. The Kier molecular flexibility index (Phi) is 67.2. The molecule has 8 aromatic carbocycles. The van der Waals surface area contributed by atoms with Gasteiger partial charge in [-0.05, 0) is 216 Å². The minimum absolute atomic E-state index is 0.0255. The number of halogens is 12. The highest BCUT2D eigenvalue weighted by molar-refractivity contribution is 9.93. The number of fused-ring (bicyclic) bond motifs is 8. The molecule has 0 aliphatic carbocycles. The van der Waals surface area contributed by atoms with Crippen molar-refractivity contribution in [2.24, 2.45) is 5.73 Å². The summed E-state index contributed by atoms with van der Waals surface area (Å²) in [5.41, 5.74) is 13.7. The molecule has 6 N–H and O–H groups in total. The minimum atomic E-state index is -1.30. The number of rotatable bonds is 25. The number of carbonyl (C=O) groups is 9. The third-order valence-corrected chi connectivity index (χ3v) is 27.5. The van der Waals surface area contributed by atoms with E-state index in [4.69, 9.17) is 128 Å². The molecule has 0 saturated carbocycles. The van der Waals surface area contributed by atoms with Gasteiger partial charge in [0.05, 0.1) is 16.5 Å². The maximum Gasteiger partial charge on any atom is 0.405 e. The van der Waals surface area contributed by atoms with E-state index in [0.717, 1.165) is 123 Å². The summed E-state index contributed by atoms with van der Waals surface area (Å²) in [7, 11) is 4.28. The van der Waals surface area contributed by atoms with Crippen molar-refractivity contribution >= 4 is 210 Å². The van der Waals surface area contributed by atoms with Gasteiger partial charge in [-0.2, -0.15) is 0 Å². The van der Waals surface area contributed by atoms with Gasteiger partial charge >= 0.3 is 23.3 Å². The third-order valence-electron chi connectivity index (χ3n) is 24.3. The first-order valence-electron chi connectivity index (χ1n) is 48.1. The highest BCUT2D eigenvalue weighted by Gasteiger charge is 2.49. The summed E-state index contributed by atoms with van der Waals surface area (Å²) >= 11 is 55.0. The van der Waals surface area contributed by atoms with Crippen molar-refractivity contribution in [3.63, 3.8) is 0 Å². The molecule has 145 heavy (non-hydrogen) atoms. The number of aliphatic hydroxyl groups is 2. The number of Topliss-reactive ketones (excluding diaryl/α,β-unsaturated/α-hetero) is 4. The molecule has 9 aliphatic rings. The second-order valence-electron chi connectivity index (χ2n) is 35.4. The van der Waals surface area contributed by atoms with E-state index < -0.39 is 47.2 Å². The van der Waals surface area contributed by atoms with Gasteiger partial charge in [0.1, 0.15) is 30.2 Å². The Hall–Kier alpha value is -6.43. The van der Waals surface area contributed by atoms with Crippen LogP contribution < -0.4 is 5.73 Å². The van der Waals surface area contributed by atoms with Gasteiger partial charge in [0.2, 0.25) is 5.24 Å². The topological polar surface area (TPSA) is 320 Å². The second kappa shape index (κ2) is 74.5. The van der Waals surface area contributed by atoms with Crippen LogP contribution in [0.5, 0.6) is 0 Å². The molecule has 9 heterocycles. The second-order valence-corrected chi connectivity index (χ2v) is 40.9. The fourth-order valence-electron chi connectivity index (χ4n) is 17.8. The standard InChI is InChI=1S/C20H22ClNO.C20H20ClN.2C14H17NO.C7H9N.C6H4BrCl.C6H12O3.C5H8BrClO.C5H6O5.C5H10O2.C4H6Cl2O.C3H4Cl2O2.CH4O.Br2/c21-17-8-6-16(7-9-17)20(23)12-18-10-11-19(13-20)22(18)14-15-4-2-1-3-5-15;21-18-8-6-16(7-9-18)17-12-19-10-11-20(13-17)22(19)14-15-4-2-1-3-5-15;2*16-14-8-12-6-7-13(9-14)15(12)10-11-4-2-1-3-5-11;8-6-7-4-2-1-3-5-7;7-5-1-3-6(8)4-2-5;1-7-5-3-4-6(8-2)9-5;1-4(8)5(6)2-3-7;6-3(1-4(7)8)2-5(9)10;1-4(2)7-5(3)6;5-3-1-2-4(6)7;1-2(4)7-3(5)6;2*1-2/h1-9,18-19,23H,10-14H2;1-9,12,19-20H,10-11,13-14H2;2*1-5,12-13H,6-10H2;1-5H,6,8H2;1-4H;5-6H,3-4H2,1-2H3;5H,2-3H2,1H3;1-2H2,(H,7,8)(H,9,10);4H,1-3H3;1-3H2;2H,1H3;2H,1H3;. The van der Waals surface area contributed by atoms with Crippen LogP contribution in [0.1, 0.15) is 215 Å². The number of piperidine rings is 3. The molecule has 8 saturated heterocycles. The smallest absolute Gasteiger partial charge is 0.405 e. The summed E-state index contributed by atoms with van der Waals surface area (Å²) in [5.74, 6) is -1.47. The zero-order valence-electron chi connectivity index (χ0n) is 83.4. The lowest BCUT2D eigenvalue weighted by Crippen LogP contribution is -2.49. The van der Waals surface area contributed by atoms with Crippen molar-refractivity contribution < 1.29 is 87.3 Å². The minimum Gasteiger partial charge on any atom is -0.481 e. The molecule has 12 atom stereocenters. The molecule has 17 rings (SSSR count). The van der Waals surface area contributed by atoms with Gasteiger partial charge in [0, 0.05) is 225 Å². The largest absolute Gasteiger partial charge is 0.481 e. The maximum atomic E-state index is 11.5. The number of hydrogen-bond donors (Lipinski definition) is 5. The molecule has 0 radical (unpaired) electrons. The SMILES string of the molecule is BrBr.CC(=O)C(Br)CCCl.CC(=O)OC(C)C.CC(Cl)OC(=O)Cl.CO.COC1CCC(OC)O1.Clc1ccc(Br)cc1.Clc1ccc(C2=CC3CCC(C2)N3Cc2ccccc2)cc1.NCc1ccccc1.O=C(Cl)CCCCl.O=C(O)CC(=O)CC(=O)O.O=C1CC2CCC(C1)N2Cc1ccccc1.O=C1CC2CCC(C1)N2Cc1ccccc1.OC1(c2ccc(Cl)cc2)CC2CCC(C1)N2Cc1ccccc1. The molecule has 0 aromatic heterocycles. The molecule has 9 aliphatic heterocycles. The number of ether oxygens (including phenoxy) is 5. The Labute approximate surface area is 928 Å². The van der Waals surface area contributed by atoms with E-state index in [2.05, 4.69) is 229 Å². The number of methoxy groups -OCH3 is 2. The number of hydrogen-bond acceptors (Lipinski definition) is 21. The van der Waals surface area contributed by atoms with Crippen LogP contribution in [0.3, 0.4) is 0 Å². The summed E-state index contributed by atoms with van der Waals surface area (Å²) in [6.45, 7) is 12.8. The quantitative estimate of drug-likeness (QED) is 0.0154. The van der Waals surface area contributed by atoms with Crippen molar-refractivity contribution in [3.05, 3.63) is 289 Å². The first kappa shape index (κ1) is 131. The van der Waals surface area contributed by atoms with Gasteiger partial charge < -0.3 is 49.8 Å². The van der Waals surface area contributed by atoms with Crippen LogP contribution in [0.4, 0.5) is 4.79 Å². The van der Waals surface area contributed by atoms with E-state index >= 15 is 0 Å². The Morgan fingerprint density at radius 3 is 1.10 bits per heavy atom. The van der Waals surface area contributed by atoms with Crippen LogP contribution in [0.15, 0.2) is 235 Å². The van der Waals surface area contributed by atoms with Gasteiger partial charge in [0.25, 0.3) is 0 Å². The average molecular weight is 2420 g/mol. The first-order valence-corrected chi connectivity index (χ1v) is 56.9. The van der Waals surface area contributed by atoms with Gasteiger partial charge in [-0.25, -0.2) is 4.79 Å². The van der Waals surface area contributed by atoms with Gasteiger partial charge in [-0.15, -0.1) is 23.2 Å². The monoisotopic (exact) mass is 2410 g/mol. The van der Waals surface area contributed by atoms with Gasteiger partial charge in [-0.1, -0.05) is 260 Å². The molecule has 8 bridgehead atoms. The molecule has 12 unspecified atom stereocenters. The lowest BCUT2D eigenvalue weighted by molar-refractivity contribution is -0.185. The van der Waals surface area contributed by atoms with Gasteiger partial charge in [-0.3, -0.25) is 58.0 Å². The Bertz CT molecular complexity index is 4860. The number of esters is 1. The molecule has 23 nitrogen and oxygen atoms in total. The number of aliphatic carboxylic acids is 2. The summed E-state index contributed by atoms with van der Waals surface area (Å²) in [5, 5.41) is 36.2. The first-order chi connectivity index (χ1) is 69.4. The number of alkyl halides is 4. The fourth-order valence-corrected chi connectivity index (χ4v) is 19.6. The number of nitrogens with two attached hydrogens (primary N) is 1. The Balaban J connectivity index is 0.000000338. The normalized spacial score (nSPS) is 21.2. The van der Waals surface area contributed by atoms with Crippen molar-refractivity contribution in [1.82, 2.24) is 19.6 Å². The van der Waals surface area contributed by atoms with E-state index in [-0.39, 0.29) is 40.5 Å². The van der Waals surface area contributed by atoms with Crippen LogP contribution in [-0.2, 0) is 100 Å². The van der Waals surface area contributed by atoms with E-state index in [1.54, 1.807) is 21.1 Å². The highest BCUT2D eigenvalue weighted by atomic mass is 80.9. The van der Waals surface area contributed by atoms with Crippen molar-refractivity contribution in [2.75, 3.05) is 33.1 Å². The van der Waals surface area contributed by atoms with E-state index in [1.165, 1.54) is 104 Å². The van der Waals surface area contributed by atoms with E-state index in [0.29, 0.717) is 91.0 Å². The summed E-state index contributed by atoms with van der Waals surface area (Å²) in [6, 6.07) is 80.4. The van der Waals surface area contributed by atoms with Crippen LogP contribution >= 0.6 is 153 Å². The lowest BCUT2D eigenvalue weighted by atomic mass is 9.80. The van der Waals surface area contributed by atoms with Crippen molar-refractivity contribution in [1.29, 1.82) is 0 Å². The van der Waals surface area contributed by atoms with Crippen LogP contribution in [-0.4, -0.2) is 202 Å². The van der Waals surface area contributed by atoms with Crippen LogP contribution in [0.25, 0.3) is 5.57 Å². The third kappa shape index (κ3) is 53.4. The van der Waals surface area contributed by atoms with Crippen molar-refractivity contribution in [2.45, 2.75) is 292 Å². The van der Waals surface area contributed by atoms with E-state index in [9.17, 15) is 48.3 Å². The number of carboxylic acids is 2. The predicted octanol–water partition coefficient (Wildman–Crippen LogP) is 26.7. The molecule has 8 fully saturated rings. The molecule has 8 aromatic rings. The Morgan fingerprint density at radius 1 is 0.483 bits per heavy atom. The summed E-state index contributed by atoms with van der Waals surface area (Å²) < 4.78 is 24.9. The fraction of sp³-hybridized carbons (Fsp3) is 0.464. The average Bonchev–Trinajstić information content (AvgIpc) is 1.62. The zero-order valence-corrected chi connectivity index (χ0v) is 95.7. The zero-order chi connectivity index (χ0) is 107. The molecular weight excluding hydrogens is 2280 g/mol. The lowest BCUT2D eigenvalue weighted by Gasteiger charge is -2.44. The number of carboxylic acid groups (broad SMARTS) is 2. The maximum absolute atomic E-state index is 11.5. The molecule has 796 valence electrons. The Morgan fingerprint density at radius 2 is 0.828 bits per heavy atom. The van der Waals surface area contributed by atoms with Gasteiger partial charge in [0.15, 0.2) is 23.9 Å². The highest BCUT2D eigenvalue weighted by Crippen LogP contribution is 2.47. The summed E-state index contributed by atoms with van der Waals surface area (Å²) in [6.07, 6.45) is 20.4. The number of aliphatic hydroxyl groups excluding tert-OH is 1. The van der Waals surface area contributed by atoms with E-state index in [1.807, 2.05) is 105 Å². The summed E-state index contributed by atoms with van der Waals surface area (Å²) in [4.78, 5) is 103. The number of carbonyl (C=O) groups excluding carboxylic acids is 7. The molecule has 0 spiro atoms. The van der Waals surface area contributed by atoms with Crippen LogP contribution in [0, 0.1) is 0 Å².